The number of carbonyl (C=O) groups is 2. The van der Waals surface area contributed by atoms with Crippen LogP contribution >= 0.6 is 21.6 Å². The summed E-state index contributed by atoms with van der Waals surface area (Å²) < 4.78 is -0.351. The molecule has 1 amide bonds. The number of carboxylic acids is 1. The second-order valence-corrected chi connectivity index (χ2v) is 11.9. The maximum absolute atomic E-state index is 11.9. The maximum Gasteiger partial charge on any atom is 0.307 e. The first-order valence-electron chi connectivity index (χ1n) is 13.0. The first-order valence-corrected chi connectivity index (χ1v) is 15.3. The molecule has 0 aromatic rings. The average molecular weight is 534 g/mol. The number of aliphatic carboxylic acids is 1. The largest absolute Gasteiger partial charge is 0.481 e. The number of nitrogens with one attached hydrogen (secondary N) is 1. The van der Waals surface area contributed by atoms with Crippen molar-refractivity contribution >= 4 is 33.5 Å². The van der Waals surface area contributed by atoms with E-state index < -0.39 is 11.9 Å². The lowest BCUT2D eigenvalue weighted by atomic mass is 9.97. The third kappa shape index (κ3) is 21.4. The van der Waals surface area contributed by atoms with Crippen LogP contribution in [0.4, 0.5) is 0 Å². The van der Waals surface area contributed by atoms with Crippen LogP contribution in [0.2, 0.25) is 0 Å². The molecule has 0 heterocycles. The predicted octanol–water partition coefficient (Wildman–Crippen LogP) is 8.46. The van der Waals surface area contributed by atoms with Crippen molar-refractivity contribution < 1.29 is 14.7 Å². The Balaban J connectivity index is 3.70. The molecular weight excluding hydrogens is 486 g/mol. The number of carbonyl (C=O) groups excluding carboxylic acids is 1. The maximum atomic E-state index is 11.9. The summed E-state index contributed by atoms with van der Waals surface area (Å²) in [6.45, 7) is 8.35. The van der Waals surface area contributed by atoms with Gasteiger partial charge in [-0.1, -0.05) is 108 Å². The van der Waals surface area contributed by atoms with Crippen LogP contribution in [0.15, 0.2) is 72.9 Å². The number of amides is 1. The van der Waals surface area contributed by atoms with E-state index >= 15 is 0 Å². The van der Waals surface area contributed by atoms with Gasteiger partial charge in [-0.25, -0.2) is 0 Å². The summed E-state index contributed by atoms with van der Waals surface area (Å²) in [5.41, 5.74) is 0. The van der Waals surface area contributed by atoms with Gasteiger partial charge in [0.05, 0.1) is 5.92 Å². The van der Waals surface area contributed by atoms with Crippen LogP contribution in [0.25, 0.3) is 0 Å². The Morgan fingerprint density at radius 1 is 0.806 bits per heavy atom. The molecule has 4 nitrogen and oxygen atoms in total. The van der Waals surface area contributed by atoms with E-state index in [2.05, 4.69) is 85.2 Å². The minimum absolute atomic E-state index is 0.0540. The van der Waals surface area contributed by atoms with Crippen LogP contribution in [-0.4, -0.2) is 34.0 Å². The van der Waals surface area contributed by atoms with Gasteiger partial charge in [0.2, 0.25) is 5.91 Å². The summed E-state index contributed by atoms with van der Waals surface area (Å²) in [5.74, 6) is -0.397. The first kappa shape index (κ1) is 34.1. The highest BCUT2D eigenvalue weighted by molar-refractivity contribution is 8.77. The molecule has 1 atom stereocenters. The standard InChI is InChI=1S/C30H47NO3S2/c1-5-6-7-8-9-10-11-12-13-14-15-16-17-18-19-20-21-22-23-24-28(32)31-25-26-35-36-30(3,4)27(2)29(33)34/h6-7,9-10,12-13,15-16,18-19,21-22,27H,5,8,11,14,17,20,23-26H2,1-4H3,(H,31,32)(H,33,34)/b7-6-,10-9-,13-12-,16-15-,19-18-,22-21-/t27-/m0/s1. The van der Waals surface area contributed by atoms with Crippen LogP contribution in [0, 0.1) is 5.92 Å². The smallest absolute Gasteiger partial charge is 0.307 e. The molecule has 0 saturated heterocycles. The number of carboxylic acid groups (broad SMARTS) is 1. The van der Waals surface area contributed by atoms with Crippen LogP contribution < -0.4 is 5.32 Å². The first-order chi connectivity index (χ1) is 17.3. The van der Waals surface area contributed by atoms with Crippen molar-refractivity contribution in [2.45, 2.75) is 83.8 Å². The van der Waals surface area contributed by atoms with E-state index in [0.29, 0.717) is 13.0 Å². The molecule has 0 aliphatic heterocycles. The molecule has 0 aliphatic rings. The van der Waals surface area contributed by atoms with Crippen LogP contribution in [-0.2, 0) is 9.59 Å². The van der Waals surface area contributed by atoms with Crippen molar-refractivity contribution in [3.05, 3.63) is 72.9 Å². The van der Waals surface area contributed by atoms with Gasteiger partial charge in [-0.15, -0.1) is 0 Å². The summed E-state index contributed by atoms with van der Waals surface area (Å²) in [4.78, 5) is 23.0. The Kier molecular flexibility index (Phi) is 22.2. The lowest BCUT2D eigenvalue weighted by molar-refractivity contribution is -0.141. The number of hydrogen-bond acceptors (Lipinski definition) is 4. The van der Waals surface area contributed by atoms with Crippen molar-refractivity contribution in [1.82, 2.24) is 5.32 Å². The molecule has 0 rings (SSSR count). The van der Waals surface area contributed by atoms with Crippen molar-refractivity contribution in [1.29, 1.82) is 0 Å². The Bertz CT molecular complexity index is 764. The number of allylic oxidation sites excluding steroid dienone is 12. The second-order valence-electron chi connectivity index (χ2n) is 8.87. The van der Waals surface area contributed by atoms with Crippen molar-refractivity contribution in [3.8, 4) is 0 Å². The fourth-order valence-corrected chi connectivity index (χ4v) is 5.40. The molecule has 0 unspecified atom stereocenters. The SMILES string of the molecule is CC/C=C\C/C=C\C/C=C\C/C=C\C/C=C\C/C=C\CCC(=O)NCCSSC(C)(C)[C@@H](C)C(=O)O. The highest BCUT2D eigenvalue weighted by Gasteiger charge is 2.32. The average Bonchev–Trinajstić information content (AvgIpc) is 2.84. The minimum atomic E-state index is -0.782. The van der Waals surface area contributed by atoms with Gasteiger partial charge in [0.15, 0.2) is 0 Å². The van der Waals surface area contributed by atoms with Gasteiger partial charge in [0.1, 0.15) is 0 Å². The molecule has 0 bridgehead atoms. The van der Waals surface area contributed by atoms with Crippen LogP contribution in [0.3, 0.4) is 0 Å². The molecule has 0 aliphatic carbocycles. The molecular formula is C30H47NO3S2. The van der Waals surface area contributed by atoms with E-state index in [1.807, 2.05) is 13.8 Å². The summed E-state index contributed by atoms with van der Waals surface area (Å²) in [7, 11) is 3.17. The van der Waals surface area contributed by atoms with E-state index in [0.717, 1.165) is 50.7 Å². The summed E-state index contributed by atoms with van der Waals surface area (Å²) in [6.07, 6.45) is 33.2. The number of rotatable bonds is 21. The molecule has 0 aromatic carbocycles. The molecule has 0 radical (unpaired) electrons. The van der Waals surface area contributed by atoms with Gasteiger partial charge in [-0.2, -0.15) is 0 Å². The number of hydrogen-bond donors (Lipinski definition) is 2. The van der Waals surface area contributed by atoms with E-state index in [1.54, 1.807) is 28.5 Å². The lowest BCUT2D eigenvalue weighted by Gasteiger charge is -2.27. The lowest BCUT2D eigenvalue weighted by Crippen LogP contribution is -2.31. The van der Waals surface area contributed by atoms with Gasteiger partial charge in [-0.3, -0.25) is 9.59 Å². The van der Waals surface area contributed by atoms with E-state index in [4.69, 9.17) is 5.11 Å². The molecule has 202 valence electrons. The van der Waals surface area contributed by atoms with Crippen LogP contribution in [0.5, 0.6) is 0 Å². The van der Waals surface area contributed by atoms with Gasteiger partial charge < -0.3 is 10.4 Å². The topological polar surface area (TPSA) is 66.4 Å². The van der Waals surface area contributed by atoms with E-state index in [1.165, 1.54) is 0 Å². The van der Waals surface area contributed by atoms with Gasteiger partial charge in [0, 0.05) is 23.5 Å². The highest BCUT2D eigenvalue weighted by atomic mass is 33.1. The van der Waals surface area contributed by atoms with Gasteiger partial charge in [0.25, 0.3) is 0 Å². The molecule has 0 fully saturated rings. The molecule has 6 heteroatoms. The second kappa shape index (κ2) is 23.5. The molecule has 0 saturated carbocycles. The Morgan fingerprint density at radius 3 is 1.69 bits per heavy atom. The highest BCUT2D eigenvalue weighted by Crippen LogP contribution is 2.40. The van der Waals surface area contributed by atoms with E-state index in [9.17, 15) is 9.59 Å². The zero-order valence-corrected chi connectivity index (χ0v) is 24.3. The van der Waals surface area contributed by atoms with Crippen molar-refractivity contribution in [3.63, 3.8) is 0 Å². The molecule has 0 spiro atoms. The fraction of sp³-hybridized carbons (Fsp3) is 0.533. The Hall–Kier alpha value is -1.92. The van der Waals surface area contributed by atoms with Crippen molar-refractivity contribution in [2.24, 2.45) is 5.92 Å². The van der Waals surface area contributed by atoms with Gasteiger partial charge in [-0.05, 0) is 58.8 Å². The zero-order valence-electron chi connectivity index (χ0n) is 22.7. The molecule has 0 aromatic heterocycles. The fourth-order valence-electron chi connectivity index (χ4n) is 2.74. The van der Waals surface area contributed by atoms with E-state index in [-0.39, 0.29) is 10.7 Å². The summed E-state index contributed by atoms with van der Waals surface area (Å²) in [5, 5.41) is 12.1. The minimum Gasteiger partial charge on any atom is -0.481 e. The van der Waals surface area contributed by atoms with Crippen molar-refractivity contribution in [2.75, 3.05) is 12.3 Å². The monoisotopic (exact) mass is 533 g/mol. The molecule has 36 heavy (non-hydrogen) atoms. The normalized spacial score (nSPS) is 13.9. The zero-order chi connectivity index (χ0) is 26.9. The Labute approximate surface area is 227 Å². The Morgan fingerprint density at radius 2 is 1.25 bits per heavy atom. The predicted molar refractivity (Wildman–Crippen MR) is 161 cm³/mol. The summed E-state index contributed by atoms with van der Waals surface area (Å²) >= 11 is 0. The quantitative estimate of drug-likeness (QED) is 0.0880. The van der Waals surface area contributed by atoms with Gasteiger partial charge >= 0.3 is 5.97 Å². The van der Waals surface area contributed by atoms with Crippen LogP contribution in [0.1, 0.15) is 79.1 Å². The third-order valence-electron chi connectivity index (χ3n) is 5.33. The summed E-state index contributed by atoms with van der Waals surface area (Å²) in [6, 6.07) is 0. The molecule has 2 N–H and O–H groups in total. The third-order valence-corrected chi connectivity index (χ3v) is 8.74.